The molecule has 0 spiro atoms. The third-order valence-electron chi connectivity index (χ3n) is 6.75. The number of carbonyl (C=O) groups excluding carboxylic acids is 1. The van der Waals surface area contributed by atoms with Crippen molar-refractivity contribution >= 4 is 11.6 Å². The van der Waals surface area contributed by atoms with E-state index < -0.39 is 22.5 Å². The van der Waals surface area contributed by atoms with Gasteiger partial charge in [-0.05, 0) is 32.3 Å². The third-order valence-corrected chi connectivity index (χ3v) is 6.75. The SMILES string of the molecule is CCn1cc([N+](=O)[O-])c(C(=O)N2CC[C@]3(O)CCCC[C@H]3[C@@H]2c2ccccc2OC)n1. The molecule has 1 amide bonds. The van der Waals surface area contributed by atoms with E-state index in [0.717, 1.165) is 24.8 Å². The lowest BCUT2D eigenvalue weighted by Gasteiger charge is -2.52. The summed E-state index contributed by atoms with van der Waals surface area (Å²) in [5.74, 6) is -0.0290. The van der Waals surface area contributed by atoms with Gasteiger partial charge in [0.15, 0.2) is 0 Å². The Morgan fingerprint density at radius 3 is 2.84 bits per heavy atom. The van der Waals surface area contributed by atoms with Crippen molar-refractivity contribution in [2.45, 2.75) is 57.2 Å². The van der Waals surface area contributed by atoms with E-state index in [2.05, 4.69) is 5.10 Å². The van der Waals surface area contributed by atoms with Crippen molar-refractivity contribution in [1.82, 2.24) is 14.7 Å². The van der Waals surface area contributed by atoms with Crippen LogP contribution in [0.25, 0.3) is 0 Å². The van der Waals surface area contributed by atoms with Crippen LogP contribution < -0.4 is 4.74 Å². The number of para-hydroxylation sites is 1. The molecule has 1 saturated heterocycles. The van der Waals surface area contributed by atoms with Crippen molar-refractivity contribution in [3.8, 4) is 5.75 Å². The number of amides is 1. The number of aliphatic hydroxyl groups is 1. The van der Waals surface area contributed by atoms with E-state index in [1.54, 1.807) is 12.0 Å². The van der Waals surface area contributed by atoms with Gasteiger partial charge in [-0.15, -0.1) is 0 Å². The van der Waals surface area contributed by atoms with E-state index in [1.807, 2.05) is 31.2 Å². The lowest BCUT2D eigenvalue weighted by molar-refractivity contribution is -0.385. The molecular weight excluding hydrogens is 400 g/mol. The molecule has 31 heavy (non-hydrogen) atoms. The minimum Gasteiger partial charge on any atom is -0.496 e. The number of aryl methyl sites for hydroxylation is 1. The fourth-order valence-corrected chi connectivity index (χ4v) is 5.20. The van der Waals surface area contributed by atoms with Crippen molar-refractivity contribution in [2.75, 3.05) is 13.7 Å². The van der Waals surface area contributed by atoms with Crippen LogP contribution in [0.15, 0.2) is 30.5 Å². The van der Waals surface area contributed by atoms with Crippen molar-refractivity contribution < 1.29 is 19.6 Å². The number of ether oxygens (including phenoxy) is 1. The minimum atomic E-state index is -0.866. The largest absolute Gasteiger partial charge is 0.496 e. The maximum Gasteiger partial charge on any atom is 0.320 e. The second-order valence-electron chi connectivity index (χ2n) is 8.37. The Labute approximate surface area is 180 Å². The van der Waals surface area contributed by atoms with Crippen molar-refractivity contribution in [1.29, 1.82) is 0 Å². The van der Waals surface area contributed by atoms with E-state index in [0.29, 0.717) is 31.7 Å². The molecule has 1 aliphatic carbocycles. The summed E-state index contributed by atoms with van der Waals surface area (Å²) >= 11 is 0. The van der Waals surface area contributed by atoms with E-state index in [-0.39, 0.29) is 17.3 Å². The highest BCUT2D eigenvalue weighted by Gasteiger charge is 2.51. The molecule has 2 fully saturated rings. The molecule has 2 aliphatic rings. The summed E-state index contributed by atoms with van der Waals surface area (Å²) in [4.78, 5) is 26.3. The van der Waals surface area contributed by atoms with Crippen molar-refractivity contribution in [3.05, 3.63) is 51.8 Å². The van der Waals surface area contributed by atoms with Gasteiger partial charge in [-0.3, -0.25) is 19.6 Å². The molecule has 0 bridgehead atoms. The zero-order valence-electron chi connectivity index (χ0n) is 17.9. The highest BCUT2D eigenvalue weighted by atomic mass is 16.6. The Balaban J connectivity index is 1.81. The molecule has 1 aromatic carbocycles. The van der Waals surface area contributed by atoms with Gasteiger partial charge in [-0.1, -0.05) is 31.0 Å². The van der Waals surface area contributed by atoms with Gasteiger partial charge in [-0.25, -0.2) is 0 Å². The zero-order chi connectivity index (χ0) is 22.2. The number of nitro groups is 1. The van der Waals surface area contributed by atoms with Gasteiger partial charge in [0.2, 0.25) is 5.69 Å². The number of hydrogen-bond donors (Lipinski definition) is 1. The molecule has 1 saturated carbocycles. The van der Waals surface area contributed by atoms with Crippen molar-refractivity contribution in [2.24, 2.45) is 5.92 Å². The first kappa shape index (κ1) is 21.3. The monoisotopic (exact) mass is 428 g/mol. The molecule has 2 heterocycles. The Morgan fingerprint density at radius 1 is 1.35 bits per heavy atom. The second kappa shape index (κ2) is 8.30. The number of aromatic nitrogens is 2. The summed E-state index contributed by atoms with van der Waals surface area (Å²) in [6.07, 6.45) is 5.12. The van der Waals surface area contributed by atoms with Crippen LogP contribution in [0.3, 0.4) is 0 Å². The van der Waals surface area contributed by atoms with E-state index in [9.17, 15) is 20.0 Å². The summed E-state index contributed by atoms with van der Waals surface area (Å²) < 4.78 is 6.99. The summed E-state index contributed by atoms with van der Waals surface area (Å²) in [6, 6.07) is 7.03. The standard InChI is InChI=1S/C22H28N4O5/c1-3-24-14-17(26(29)30)19(23-24)21(27)25-13-12-22(28)11-7-6-9-16(22)20(25)15-8-4-5-10-18(15)31-2/h4-5,8,10,14,16,20,28H,3,6-7,9,11-13H2,1-2H3/t16-,20-,22+/m0/s1. The molecular formula is C22H28N4O5. The number of methoxy groups -OCH3 is 1. The van der Waals surface area contributed by atoms with Crippen LogP contribution in [-0.2, 0) is 6.54 Å². The van der Waals surface area contributed by atoms with Crippen molar-refractivity contribution in [3.63, 3.8) is 0 Å². The number of hydrogen-bond acceptors (Lipinski definition) is 6. The van der Waals surface area contributed by atoms with E-state index in [1.165, 1.54) is 10.9 Å². The summed E-state index contributed by atoms with van der Waals surface area (Å²) in [5.41, 5.74) is -0.515. The first-order chi connectivity index (χ1) is 14.9. The number of rotatable bonds is 5. The molecule has 0 unspecified atom stereocenters. The average molecular weight is 428 g/mol. The summed E-state index contributed by atoms with van der Waals surface area (Å²) in [5, 5.41) is 27.2. The van der Waals surface area contributed by atoms with Crippen LogP contribution in [0.5, 0.6) is 5.75 Å². The van der Waals surface area contributed by atoms with Crippen LogP contribution in [-0.4, -0.2) is 49.9 Å². The number of piperidine rings is 1. The lowest BCUT2D eigenvalue weighted by Crippen LogP contribution is -2.56. The van der Waals surface area contributed by atoms with Crippen LogP contribution in [0.4, 0.5) is 5.69 Å². The number of fused-ring (bicyclic) bond motifs is 1. The predicted molar refractivity (Wildman–Crippen MR) is 113 cm³/mol. The molecule has 3 atom stereocenters. The topological polar surface area (TPSA) is 111 Å². The predicted octanol–water partition coefficient (Wildman–Crippen LogP) is 3.33. The Bertz CT molecular complexity index is 990. The molecule has 1 aliphatic heterocycles. The molecule has 2 aromatic rings. The third kappa shape index (κ3) is 3.67. The van der Waals surface area contributed by atoms with Gasteiger partial charge < -0.3 is 14.7 Å². The first-order valence-electron chi connectivity index (χ1n) is 10.8. The summed E-state index contributed by atoms with van der Waals surface area (Å²) in [6.45, 7) is 2.53. The van der Waals surface area contributed by atoms with Gasteiger partial charge in [0.1, 0.15) is 11.9 Å². The fraction of sp³-hybridized carbons (Fsp3) is 0.545. The van der Waals surface area contributed by atoms with Crippen LogP contribution >= 0.6 is 0 Å². The highest BCUT2D eigenvalue weighted by molar-refractivity contribution is 5.96. The fourth-order valence-electron chi connectivity index (χ4n) is 5.20. The molecule has 166 valence electrons. The maximum atomic E-state index is 13.6. The number of likely N-dealkylation sites (tertiary alicyclic amines) is 1. The average Bonchev–Trinajstić information content (AvgIpc) is 3.22. The number of nitrogens with zero attached hydrogens (tertiary/aromatic N) is 4. The molecule has 9 heteroatoms. The molecule has 1 N–H and O–H groups in total. The molecule has 0 radical (unpaired) electrons. The van der Waals surface area contributed by atoms with Crippen LogP contribution in [0.2, 0.25) is 0 Å². The van der Waals surface area contributed by atoms with Crippen LogP contribution in [0, 0.1) is 16.0 Å². The van der Waals surface area contributed by atoms with Gasteiger partial charge in [-0.2, -0.15) is 5.10 Å². The molecule has 4 rings (SSSR count). The van der Waals surface area contributed by atoms with E-state index in [4.69, 9.17) is 4.74 Å². The van der Waals surface area contributed by atoms with Crippen LogP contribution in [0.1, 0.15) is 61.1 Å². The normalized spacial score (nSPS) is 25.7. The molecule has 9 nitrogen and oxygen atoms in total. The maximum absolute atomic E-state index is 13.6. The minimum absolute atomic E-state index is 0.159. The first-order valence-corrected chi connectivity index (χ1v) is 10.8. The van der Waals surface area contributed by atoms with Gasteiger partial charge >= 0.3 is 5.69 Å². The zero-order valence-corrected chi connectivity index (χ0v) is 17.9. The van der Waals surface area contributed by atoms with E-state index >= 15 is 0 Å². The smallest absolute Gasteiger partial charge is 0.320 e. The van der Waals surface area contributed by atoms with Gasteiger partial charge in [0, 0.05) is 24.6 Å². The number of carbonyl (C=O) groups is 1. The quantitative estimate of drug-likeness (QED) is 0.578. The number of benzene rings is 1. The highest BCUT2D eigenvalue weighted by Crippen LogP contribution is 2.51. The van der Waals surface area contributed by atoms with Gasteiger partial charge in [0.25, 0.3) is 5.91 Å². The lowest BCUT2D eigenvalue weighted by atomic mass is 9.66. The Morgan fingerprint density at radius 2 is 2.13 bits per heavy atom. The molecule has 1 aromatic heterocycles. The second-order valence-corrected chi connectivity index (χ2v) is 8.37. The Hall–Kier alpha value is -2.94. The Kier molecular flexibility index (Phi) is 5.70. The van der Waals surface area contributed by atoms with Gasteiger partial charge in [0.05, 0.1) is 23.7 Å². The summed E-state index contributed by atoms with van der Waals surface area (Å²) in [7, 11) is 1.58.